The van der Waals surface area contributed by atoms with Gasteiger partial charge in [0, 0.05) is 10.8 Å². The van der Waals surface area contributed by atoms with Crippen molar-refractivity contribution in [3.8, 4) is 11.5 Å². The number of nitrogens with one attached hydrogen (secondary N) is 1. The summed E-state index contributed by atoms with van der Waals surface area (Å²) in [6.45, 7) is 2.78. The van der Waals surface area contributed by atoms with Crippen LogP contribution in [0.3, 0.4) is 0 Å². The van der Waals surface area contributed by atoms with Gasteiger partial charge >= 0.3 is 0 Å². The number of hydrogen-bond donors (Lipinski definition) is 1. The summed E-state index contributed by atoms with van der Waals surface area (Å²) in [5.41, 5.74) is 6.36. The molecule has 1 aromatic heterocycles. The molecule has 182 valence electrons. The highest BCUT2D eigenvalue weighted by Crippen LogP contribution is 2.37. The molecule has 1 N–H and O–H groups in total. The van der Waals surface area contributed by atoms with Crippen molar-refractivity contribution in [3.63, 3.8) is 0 Å². The van der Waals surface area contributed by atoms with Crippen LogP contribution in [0.5, 0.6) is 11.5 Å². The highest BCUT2D eigenvalue weighted by molar-refractivity contribution is 9.10. The summed E-state index contributed by atoms with van der Waals surface area (Å²) in [6, 6.07) is 17.9. The number of ether oxygens (including phenoxy) is 2. The maximum atomic E-state index is 13.2. The van der Waals surface area contributed by atoms with Gasteiger partial charge in [-0.15, -0.1) is 10.2 Å². The van der Waals surface area contributed by atoms with E-state index in [1.54, 1.807) is 19.2 Å². The van der Waals surface area contributed by atoms with Gasteiger partial charge in [-0.05, 0) is 75.9 Å². The smallest absolute Gasteiger partial charge is 0.210 e. The second-order valence-corrected chi connectivity index (χ2v) is 9.87. The van der Waals surface area contributed by atoms with Crippen LogP contribution in [0.15, 0.2) is 70.3 Å². The molecule has 0 bridgehead atoms. The average Bonchev–Trinajstić information content (AvgIpc) is 3.21. The molecule has 1 heterocycles. The van der Waals surface area contributed by atoms with Crippen LogP contribution in [-0.4, -0.2) is 22.0 Å². The molecule has 0 spiro atoms. The van der Waals surface area contributed by atoms with E-state index in [1.807, 2.05) is 48.0 Å². The minimum absolute atomic E-state index is 0.248. The van der Waals surface area contributed by atoms with Crippen LogP contribution in [-0.2, 0) is 18.9 Å². The zero-order valence-electron chi connectivity index (χ0n) is 19.1. The van der Waals surface area contributed by atoms with Gasteiger partial charge in [-0.3, -0.25) is 0 Å². The van der Waals surface area contributed by atoms with Crippen LogP contribution in [0.1, 0.15) is 22.5 Å². The second-order valence-electron chi connectivity index (χ2n) is 7.64. The molecule has 0 saturated heterocycles. The molecule has 0 amide bonds. The molecule has 10 heteroatoms. The first-order chi connectivity index (χ1) is 16.9. The summed E-state index contributed by atoms with van der Waals surface area (Å²) in [6.07, 6.45) is 0. The molecule has 0 saturated carbocycles. The summed E-state index contributed by atoms with van der Waals surface area (Å²) in [5.74, 6) is 2.39. The van der Waals surface area contributed by atoms with Crippen molar-refractivity contribution in [2.24, 2.45) is 0 Å². The number of benzene rings is 3. The van der Waals surface area contributed by atoms with E-state index in [9.17, 15) is 4.39 Å². The van der Waals surface area contributed by atoms with Crippen molar-refractivity contribution in [2.75, 3.05) is 12.5 Å². The fraction of sp³-hybridized carbons (Fsp3) is 0.200. The maximum absolute atomic E-state index is 13.2. The molecule has 6 nitrogen and oxygen atoms in total. The Labute approximate surface area is 220 Å². The van der Waals surface area contributed by atoms with E-state index in [0.717, 1.165) is 32.1 Å². The highest BCUT2D eigenvalue weighted by Gasteiger charge is 2.14. The summed E-state index contributed by atoms with van der Waals surface area (Å²) < 4.78 is 27.4. The van der Waals surface area contributed by atoms with Gasteiger partial charge in [-0.1, -0.05) is 47.6 Å². The number of rotatable bonds is 10. The molecule has 4 rings (SSSR count). The van der Waals surface area contributed by atoms with E-state index in [0.29, 0.717) is 35.4 Å². The van der Waals surface area contributed by atoms with Gasteiger partial charge in [0.15, 0.2) is 11.5 Å². The fourth-order valence-corrected chi connectivity index (χ4v) is 4.91. The molecule has 3 aromatic carbocycles. The quantitative estimate of drug-likeness (QED) is 0.210. The maximum Gasteiger partial charge on any atom is 0.210 e. The Morgan fingerprint density at radius 2 is 1.74 bits per heavy atom. The number of thioether (sulfide) groups is 1. The first-order valence-electron chi connectivity index (χ1n) is 10.7. The monoisotopic (exact) mass is 576 g/mol. The van der Waals surface area contributed by atoms with Gasteiger partial charge < -0.3 is 14.9 Å². The average molecular weight is 578 g/mol. The first-order valence-corrected chi connectivity index (χ1v) is 12.9. The third kappa shape index (κ3) is 6.68. The van der Waals surface area contributed by atoms with Crippen LogP contribution in [0.2, 0.25) is 5.02 Å². The van der Waals surface area contributed by atoms with E-state index in [-0.39, 0.29) is 5.82 Å². The summed E-state index contributed by atoms with van der Waals surface area (Å²) in [7, 11) is 1.61. The molecule has 0 unspecified atom stereocenters. The van der Waals surface area contributed by atoms with Gasteiger partial charge in [0.05, 0.1) is 18.1 Å². The van der Waals surface area contributed by atoms with Gasteiger partial charge in [0.1, 0.15) is 18.2 Å². The van der Waals surface area contributed by atoms with E-state index in [1.165, 1.54) is 23.9 Å². The lowest BCUT2D eigenvalue weighted by Gasteiger charge is -2.16. The lowest BCUT2D eigenvalue weighted by Crippen LogP contribution is -2.17. The minimum atomic E-state index is -0.248. The topological polar surface area (TPSA) is 61.2 Å². The van der Waals surface area contributed by atoms with Crippen LogP contribution >= 0.6 is 39.3 Å². The number of aryl methyl sites for hydroxylation is 1. The molecule has 0 aliphatic carbocycles. The molecule has 0 atom stereocenters. The van der Waals surface area contributed by atoms with Crippen molar-refractivity contribution < 1.29 is 13.9 Å². The van der Waals surface area contributed by atoms with Crippen LogP contribution in [0.25, 0.3) is 0 Å². The Bertz CT molecular complexity index is 1290. The molecule has 0 radical (unpaired) electrons. The third-order valence-corrected chi connectivity index (χ3v) is 6.94. The molecule has 4 aromatic rings. The molecule has 0 aliphatic rings. The predicted octanol–water partition coefficient (Wildman–Crippen LogP) is 6.77. The number of nitrogens with zero attached hydrogens (tertiary/aromatic N) is 3. The van der Waals surface area contributed by atoms with Crippen LogP contribution in [0, 0.1) is 12.7 Å². The Morgan fingerprint density at radius 3 is 2.46 bits per heavy atom. The zero-order valence-corrected chi connectivity index (χ0v) is 22.3. The Balaban J connectivity index is 1.42. The Morgan fingerprint density at radius 1 is 1.03 bits per heavy atom. The molecular weight excluding hydrogens is 555 g/mol. The van der Waals surface area contributed by atoms with Gasteiger partial charge in [-0.2, -0.15) is 0 Å². The van der Waals surface area contributed by atoms with E-state index >= 15 is 0 Å². The summed E-state index contributed by atoms with van der Waals surface area (Å²) >= 11 is 11.1. The molecule has 0 fully saturated rings. The normalized spacial score (nSPS) is 10.9. The lowest BCUT2D eigenvalue weighted by atomic mass is 10.2. The Kier molecular flexibility index (Phi) is 8.54. The largest absolute Gasteiger partial charge is 0.493 e. The van der Waals surface area contributed by atoms with Crippen molar-refractivity contribution in [3.05, 3.63) is 98.5 Å². The van der Waals surface area contributed by atoms with Crippen LogP contribution < -0.4 is 14.9 Å². The first kappa shape index (κ1) is 25.3. The standard InChI is InChI=1S/C25H23BrClFN4O2S/c1-16-30-31-25(35-15-18-5-9-21(28)10-6-18)32(16)29-13-19-11-22(26)24(23(12-19)33-2)34-14-17-3-7-20(27)8-4-17/h3-12,29H,13-15H2,1-2H3. The number of methoxy groups -OCH3 is 1. The third-order valence-electron chi connectivity index (χ3n) is 5.10. The zero-order chi connectivity index (χ0) is 24.8. The van der Waals surface area contributed by atoms with Crippen molar-refractivity contribution in [1.82, 2.24) is 14.9 Å². The van der Waals surface area contributed by atoms with E-state index in [4.69, 9.17) is 21.1 Å². The van der Waals surface area contributed by atoms with Crippen LogP contribution in [0.4, 0.5) is 4.39 Å². The minimum Gasteiger partial charge on any atom is -0.493 e. The van der Waals surface area contributed by atoms with Crippen molar-refractivity contribution in [2.45, 2.75) is 31.0 Å². The lowest BCUT2D eigenvalue weighted by molar-refractivity contribution is 0.282. The van der Waals surface area contributed by atoms with E-state index in [2.05, 4.69) is 31.6 Å². The highest BCUT2D eigenvalue weighted by atomic mass is 79.9. The van der Waals surface area contributed by atoms with Gasteiger partial charge in [0.25, 0.3) is 0 Å². The Hall–Kier alpha value is -2.75. The fourth-order valence-electron chi connectivity index (χ4n) is 3.27. The SMILES string of the molecule is COc1cc(CNn2c(C)nnc2SCc2ccc(F)cc2)cc(Br)c1OCc1ccc(Cl)cc1. The van der Waals surface area contributed by atoms with Crippen molar-refractivity contribution in [1.29, 1.82) is 0 Å². The molecular formula is C25H23BrClFN4O2S. The second kappa shape index (κ2) is 11.8. The molecule has 0 aliphatic heterocycles. The van der Waals surface area contributed by atoms with Gasteiger partial charge in [-0.25, -0.2) is 9.07 Å². The molecule has 35 heavy (non-hydrogen) atoms. The summed E-state index contributed by atoms with van der Waals surface area (Å²) in [5, 5.41) is 9.86. The van der Waals surface area contributed by atoms with Crippen molar-refractivity contribution >= 4 is 39.3 Å². The predicted molar refractivity (Wildman–Crippen MR) is 140 cm³/mol. The van der Waals surface area contributed by atoms with Gasteiger partial charge in [0.2, 0.25) is 5.16 Å². The van der Waals surface area contributed by atoms with E-state index < -0.39 is 0 Å². The number of halogens is 3. The summed E-state index contributed by atoms with van der Waals surface area (Å²) in [4.78, 5) is 0. The number of aromatic nitrogens is 3. The number of hydrogen-bond acceptors (Lipinski definition) is 6.